The van der Waals surface area contributed by atoms with E-state index in [1.165, 1.54) is 19.3 Å². The summed E-state index contributed by atoms with van der Waals surface area (Å²) in [5, 5.41) is 6.36. The van der Waals surface area contributed by atoms with Gasteiger partial charge in [-0.15, -0.1) is 0 Å². The largest absolute Gasteiger partial charge is 0.351 e. The van der Waals surface area contributed by atoms with Crippen LogP contribution in [0, 0.1) is 23.2 Å². The highest BCUT2D eigenvalue weighted by Gasteiger charge is 2.57. The van der Waals surface area contributed by atoms with E-state index in [0.29, 0.717) is 6.04 Å². The van der Waals surface area contributed by atoms with Crippen molar-refractivity contribution in [1.29, 1.82) is 0 Å². The molecule has 6 bridgehead atoms. The maximum atomic E-state index is 13.2. The Bertz CT molecular complexity index is 498. The summed E-state index contributed by atoms with van der Waals surface area (Å²) in [5.41, 5.74) is -0.729. The van der Waals surface area contributed by atoms with Crippen LogP contribution in [0.25, 0.3) is 0 Å². The van der Waals surface area contributed by atoms with Gasteiger partial charge < -0.3 is 10.6 Å². The van der Waals surface area contributed by atoms with Crippen LogP contribution in [0.5, 0.6) is 0 Å². The van der Waals surface area contributed by atoms with E-state index in [4.69, 9.17) is 0 Å². The molecule has 0 aromatic heterocycles. The number of piperidine rings is 2. The van der Waals surface area contributed by atoms with E-state index in [2.05, 4.69) is 10.6 Å². The number of fused-ring (bicyclic) bond motifs is 3. The van der Waals surface area contributed by atoms with Crippen molar-refractivity contribution >= 4 is 11.8 Å². The van der Waals surface area contributed by atoms with Gasteiger partial charge in [-0.25, -0.2) is 0 Å². The molecule has 0 aromatic carbocycles. The predicted molar refractivity (Wildman–Crippen MR) is 81.9 cm³/mol. The van der Waals surface area contributed by atoms with Crippen LogP contribution in [0.3, 0.4) is 0 Å². The van der Waals surface area contributed by atoms with Crippen LogP contribution >= 0.6 is 0 Å². The molecule has 5 saturated carbocycles. The zero-order valence-electron chi connectivity index (χ0n) is 13.2. The zero-order chi connectivity index (χ0) is 14.9. The third kappa shape index (κ3) is 1.75. The van der Waals surface area contributed by atoms with Crippen LogP contribution in [0.2, 0.25) is 0 Å². The first-order valence-electron chi connectivity index (χ1n) is 9.21. The summed E-state index contributed by atoms with van der Waals surface area (Å²) in [5.74, 6) is 2.59. The summed E-state index contributed by atoms with van der Waals surface area (Å²) in [6, 6.07) is 0.353. The molecule has 0 aromatic rings. The number of hydrogen-bond acceptors (Lipinski definition) is 2. The Balaban J connectivity index is 1.39. The molecule has 5 aliphatic carbocycles. The predicted octanol–water partition coefficient (Wildman–Crippen LogP) is 2.13. The Morgan fingerprint density at radius 1 is 1.00 bits per heavy atom. The molecule has 4 heteroatoms. The Kier molecular flexibility index (Phi) is 2.60. The van der Waals surface area contributed by atoms with E-state index in [0.717, 1.165) is 62.7 Å². The van der Waals surface area contributed by atoms with Crippen molar-refractivity contribution in [3.8, 4) is 0 Å². The van der Waals surface area contributed by atoms with Gasteiger partial charge in [0.2, 0.25) is 11.8 Å². The fourth-order valence-electron chi connectivity index (χ4n) is 6.73. The molecular weight excluding hydrogens is 276 g/mol. The van der Waals surface area contributed by atoms with Gasteiger partial charge in [-0.05, 0) is 82.0 Å². The second kappa shape index (κ2) is 4.27. The molecule has 2 amide bonds. The van der Waals surface area contributed by atoms with Crippen LogP contribution in [0.1, 0.15) is 64.2 Å². The highest BCUT2D eigenvalue weighted by molar-refractivity contribution is 5.94. The molecule has 7 rings (SSSR count). The smallest absolute Gasteiger partial charge is 0.245 e. The van der Waals surface area contributed by atoms with Crippen molar-refractivity contribution in [2.24, 2.45) is 23.2 Å². The second-order valence-electron chi connectivity index (χ2n) is 8.98. The summed E-state index contributed by atoms with van der Waals surface area (Å²) >= 11 is 0. The van der Waals surface area contributed by atoms with E-state index >= 15 is 0 Å². The lowest BCUT2D eigenvalue weighted by atomic mass is 9.49. The molecular formula is C18H26N2O2. The van der Waals surface area contributed by atoms with E-state index in [1.54, 1.807) is 0 Å². The summed E-state index contributed by atoms with van der Waals surface area (Å²) in [6.45, 7) is 0. The highest BCUT2D eigenvalue weighted by Crippen LogP contribution is 2.60. The van der Waals surface area contributed by atoms with Gasteiger partial charge in [0.05, 0.1) is 0 Å². The van der Waals surface area contributed by atoms with Crippen LogP contribution in [-0.4, -0.2) is 23.4 Å². The van der Waals surface area contributed by atoms with Crippen molar-refractivity contribution in [3.05, 3.63) is 0 Å². The molecule has 22 heavy (non-hydrogen) atoms. The van der Waals surface area contributed by atoms with Crippen LogP contribution < -0.4 is 10.6 Å². The Morgan fingerprint density at radius 3 is 2.05 bits per heavy atom. The third-order valence-corrected chi connectivity index (χ3v) is 7.48. The fraction of sp³-hybridized carbons (Fsp3) is 0.889. The monoisotopic (exact) mass is 302 g/mol. The van der Waals surface area contributed by atoms with Crippen LogP contribution in [0.15, 0.2) is 0 Å². The molecule has 0 atom stereocenters. The minimum absolute atomic E-state index is 0.0769. The van der Waals surface area contributed by atoms with Crippen molar-refractivity contribution in [1.82, 2.24) is 10.6 Å². The molecule has 0 unspecified atom stereocenters. The molecule has 2 saturated heterocycles. The number of carbonyl (C=O) groups is 2. The van der Waals surface area contributed by atoms with Gasteiger partial charge in [-0.1, -0.05) is 0 Å². The number of hydrogen-bond donors (Lipinski definition) is 2. The fourth-order valence-corrected chi connectivity index (χ4v) is 6.73. The van der Waals surface area contributed by atoms with E-state index < -0.39 is 5.54 Å². The summed E-state index contributed by atoms with van der Waals surface area (Å²) in [7, 11) is 0. The number of nitrogens with one attached hydrogen (secondary N) is 2. The highest BCUT2D eigenvalue weighted by atomic mass is 16.2. The number of amides is 2. The first-order valence-corrected chi connectivity index (χ1v) is 9.21. The van der Waals surface area contributed by atoms with Gasteiger partial charge in [-0.2, -0.15) is 0 Å². The van der Waals surface area contributed by atoms with Gasteiger partial charge in [0.25, 0.3) is 0 Å². The topological polar surface area (TPSA) is 58.2 Å². The van der Waals surface area contributed by atoms with Gasteiger partial charge in [-0.3, -0.25) is 9.59 Å². The SMILES string of the molecule is O=C(NC12CCC(CC1)NC2=O)C12CC3CC(CC(C3)C1)C2. The van der Waals surface area contributed by atoms with Crippen molar-refractivity contribution in [2.75, 3.05) is 0 Å². The number of rotatable bonds is 2. The summed E-state index contributed by atoms with van der Waals surface area (Å²) in [4.78, 5) is 25.6. The molecule has 7 aliphatic rings. The molecule has 2 N–H and O–H groups in total. The lowest BCUT2D eigenvalue weighted by Gasteiger charge is -2.57. The second-order valence-corrected chi connectivity index (χ2v) is 8.98. The molecule has 2 heterocycles. The first kappa shape index (κ1) is 13.4. The van der Waals surface area contributed by atoms with Crippen molar-refractivity contribution < 1.29 is 9.59 Å². The molecule has 120 valence electrons. The minimum atomic E-state index is -0.588. The first-order chi connectivity index (χ1) is 10.6. The summed E-state index contributed by atoms with van der Waals surface area (Å²) < 4.78 is 0. The van der Waals surface area contributed by atoms with Crippen molar-refractivity contribution in [3.63, 3.8) is 0 Å². The van der Waals surface area contributed by atoms with Gasteiger partial charge >= 0.3 is 0 Å². The van der Waals surface area contributed by atoms with Crippen LogP contribution in [0.4, 0.5) is 0 Å². The minimum Gasteiger partial charge on any atom is -0.351 e. The zero-order valence-corrected chi connectivity index (χ0v) is 13.2. The standard InChI is InChI=1S/C18H26N2O2/c21-15(20-18-3-1-14(2-4-18)19-16(18)22)17-8-11-5-12(9-17)7-13(6-11)10-17/h11-14H,1-10H2,(H,19,22)(H,20,21). The molecule has 7 fully saturated rings. The maximum Gasteiger partial charge on any atom is 0.245 e. The van der Waals surface area contributed by atoms with E-state index in [1.807, 2.05) is 0 Å². The average Bonchev–Trinajstić information content (AvgIpc) is 2.47. The van der Waals surface area contributed by atoms with Gasteiger partial charge in [0, 0.05) is 11.5 Å². The molecule has 2 aliphatic heterocycles. The quantitative estimate of drug-likeness (QED) is 0.821. The third-order valence-electron chi connectivity index (χ3n) is 7.48. The normalized spacial score (nSPS) is 51.7. The molecule has 0 radical (unpaired) electrons. The lowest BCUT2D eigenvalue weighted by Crippen LogP contribution is -2.69. The Morgan fingerprint density at radius 2 is 1.55 bits per heavy atom. The van der Waals surface area contributed by atoms with Gasteiger partial charge in [0.15, 0.2) is 0 Å². The van der Waals surface area contributed by atoms with E-state index in [-0.39, 0.29) is 17.2 Å². The van der Waals surface area contributed by atoms with Crippen molar-refractivity contribution in [2.45, 2.75) is 75.8 Å². The Hall–Kier alpha value is -1.06. The van der Waals surface area contributed by atoms with Crippen LogP contribution in [-0.2, 0) is 9.59 Å². The average molecular weight is 302 g/mol. The van der Waals surface area contributed by atoms with E-state index in [9.17, 15) is 9.59 Å². The molecule has 0 spiro atoms. The summed E-state index contributed by atoms with van der Waals surface area (Å²) in [6.07, 6.45) is 11.0. The Labute approximate surface area is 131 Å². The number of carbonyl (C=O) groups excluding carboxylic acids is 2. The molecule has 4 nitrogen and oxygen atoms in total. The van der Waals surface area contributed by atoms with Gasteiger partial charge in [0.1, 0.15) is 5.54 Å². The maximum absolute atomic E-state index is 13.2. The lowest BCUT2D eigenvalue weighted by molar-refractivity contribution is -0.153.